The van der Waals surface area contributed by atoms with E-state index in [1.807, 2.05) is 64.1 Å². The van der Waals surface area contributed by atoms with E-state index in [4.69, 9.17) is 0 Å². The number of amides is 2. The number of hydrogen-bond acceptors (Lipinski definition) is 3. The van der Waals surface area contributed by atoms with Gasteiger partial charge in [0.05, 0.1) is 0 Å². The Hall–Kier alpha value is -4.11. The number of nitriles is 1. The minimum Gasteiger partial charge on any atom is -0.321 e. The second-order valence-electron chi connectivity index (χ2n) is 7.41. The van der Waals surface area contributed by atoms with Gasteiger partial charge in [-0.15, -0.1) is 0 Å². The van der Waals surface area contributed by atoms with E-state index in [-0.39, 0.29) is 11.5 Å². The van der Waals surface area contributed by atoms with E-state index in [0.29, 0.717) is 22.5 Å². The van der Waals surface area contributed by atoms with Gasteiger partial charge in [0.1, 0.15) is 11.6 Å². The fourth-order valence-electron chi connectivity index (χ4n) is 3.31. The molecule has 3 rings (SSSR count). The van der Waals surface area contributed by atoms with E-state index in [0.717, 1.165) is 16.8 Å². The highest BCUT2D eigenvalue weighted by Gasteiger charge is 2.15. The summed E-state index contributed by atoms with van der Waals surface area (Å²) in [6.45, 7) is 7.55. The number of carbonyl (C=O) groups excluding carboxylic acids is 2. The van der Waals surface area contributed by atoms with Gasteiger partial charge in [-0.2, -0.15) is 5.26 Å². The third-order valence-corrected chi connectivity index (χ3v) is 5.01. The van der Waals surface area contributed by atoms with Gasteiger partial charge in [-0.1, -0.05) is 35.9 Å². The quantitative estimate of drug-likeness (QED) is 0.472. The molecular weight excluding hydrogens is 388 g/mol. The highest BCUT2D eigenvalue weighted by Crippen LogP contribution is 2.20. The summed E-state index contributed by atoms with van der Waals surface area (Å²) in [4.78, 5) is 25.2. The Bertz CT molecular complexity index is 1210. The molecule has 0 spiro atoms. The first-order valence-corrected chi connectivity index (χ1v) is 9.86. The van der Waals surface area contributed by atoms with Crippen molar-refractivity contribution in [3.8, 4) is 6.07 Å². The minimum absolute atomic E-state index is 0.0189. The Morgan fingerprint density at radius 1 is 1.00 bits per heavy atom. The number of carbonyl (C=O) groups is 2. The van der Waals surface area contributed by atoms with Crippen molar-refractivity contribution in [1.29, 1.82) is 5.26 Å². The normalized spacial score (nSPS) is 11.0. The maximum Gasteiger partial charge on any atom is 0.270 e. The predicted molar refractivity (Wildman–Crippen MR) is 122 cm³/mol. The zero-order valence-corrected chi connectivity index (χ0v) is 18.0. The van der Waals surface area contributed by atoms with Gasteiger partial charge in [-0.25, -0.2) is 0 Å². The van der Waals surface area contributed by atoms with Crippen molar-refractivity contribution in [3.63, 3.8) is 0 Å². The Morgan fingerprint density at radius 2 is 1.71 bits per heavy atom. The first kappa shape index (κ1) is 21.6. The van der Waals surface area contributed by atoms with E-state index >= 15 is 0 Å². The molecule has 0 atom stereocenters. The monoisotopic (exact) mass is 412 g/mol. The van der Waals surface area contributed by atoms with E-state index in [1.165, 1.54) is 6.08 Å². The van der Waals surface area contributed by atoms with Gasteiger partial charge in [0, 0.05) is 22.6 Å². The molecule has 2 amide bonds. The van der Waals surface area contributed by atoms with Crippen molar-refractivity contribution in [2.24, 2.45) is 0 Å². The molecule has 6 heteroatoms. The molecule has 0 aliphatic rings. The molecule has 0 fully saturated rings. The maximum atomic E-state index is 12.7. The van der Waals surface area contributed by atoms with Crippen LogP contribution in [0.15, 0.2) is 60.2 Å². The minimum atomic E-state index is -0.479. The van der Waals surface area contributed by atoms with Gasteiger partial charge in [0.2, 0.25) is 0 Å². The predicted octanol–water partition coefficient (Wildman–Crippen LogP) is 4.65. The lowest BCUT2D eigenvalue weighted by Crippen LogP contribution is -2.24. The third-order valence-electron chi connectivity index (χ3n) is 5.01. The fourth-order valence-corrected chi connectivity index (χ4v) is 3.31. The van der Waals surface area contributed by atoms with Crippen LogP contribution in [0.3, 0.4) is 0 Å². The molecule has 0 unspecified atom stereocenters. The molecule has 0 aliphatic carbocycles. The summed E-state index contributed by atoms with van der Waals surface area (Å²) in [5, 5.41) is 12.4. The Morgan fingerprint density at radius 3 is 2.35 bits per heavy atom. The van der Waals surface area contributed by atoms with Crippen molar-refractivity contribution in [3.05, 3.63) is 93.8 Å². The van der Waals surface area contributed by atoms with Crippen LogP contribution in [0, 0.1) is 39.0 Å². The number of anilines is 1. The summed E-state index contributed by atoms with van der Waals surface area (Å²) in [5.41, 5.74) is 8.23. The van der Waals surface area contributed by atoms with Crippen LogP contribution in [0.5, 0.6) is 0 Å². The SMILES string of the molecule is Cc1ccc(NC(=O)/C(C#N)=C\c2cc(C)n(NC(=O)c3ccccc3)c2C)c(C)c1. The van der Waals surface area contributed by atoms with Gasteiger partial charge < -0.3 is 5.32 Å². The van der Waals surface area contributed by atoms with Gasteiger partial charge in [0.25, 0.3) is 11.8 Å². The van der Waals surface area contributed by atoms with Crippen LogP contribution in [0.2, 0.25) is 0 Å². The van der Waals surface area contributed by atoms with Crippen molar-refractivity contribution in [2.45, 2.75) is 27.7 Å². The van der Waals surface area contributed by atoms with Crippen molar-refractivity contribution < 1.29 is 9.59 Å². The molecule has 0 saturated carbocycles. The number of aryl methyl sites for hydroxylation is 3. The van der Waals surface area contributed by atoms with Crippen LogP contribution in [0.4, 0.5) is 5.69 Å². The second-order valence-corrected chi connectivity index (χ2v) is 7.41. The van der Waals surface area contributed by atoms with Crippen LogP contribution in [-0.2, 0) is 4.79 Å². The highest BCUT2D eigenvalue weighted by atomic mass is 16.2. The number of nitrogens with one attached hydrogen (secondary N) is 2. The highest BCUT2D eigenvalue weighted by molar-refractivity contribution is 6.10. The molecule has 6 nitrogen and oxygen atoms in total. The standard InChI is InChI=1S/C25H24N4O2/c1-16-10-11-23(17(2)12-16)27-24(30)22(15-26)14-21-13-18(3)29(19(21)4)28-25(31)20-8-6-5-7-9-20/h5-14H,1-4H3,(H,27,30)(H,28,31)/b22-14-. The van der Waals surface area contributed by atoms with Crippen molar-refractivity contribution in [2.75, 3.05) is 10.7 Å². The molecule has 1 aromatic heterocycles. The summed E-state index contributed by atoms with van der Waals surface area (Å²) in [7, 11) is 0. The molecule has 156 valence electrons. The number of benzene rings is 2. The Labute approximate surface area is 181 Å². The maximum absolute atomic E-state index is 12.7. The molecule has 3 aromatic rings. The number of aromatic nitrogens is 1. The topological polar surface area (TPSA) is 86.9 Å². The van der Waals surface area contributed by atoms with Crippen LogP contribution < -0.4 is 10.7 Å². The Balaban J connectivity index is 1.84. The van der Waals surface area contributed by atoms with Crippen LogP contribution in [0.25, 0.3) is 6.08 Å². The van der Waals surface area contributed by atoms with Crippen molar-refractivity contribution in [1.82, 2.24) is 4.68 Å². The average Bonchev–Trinajstić information content (AvgIpc) is 3.01. The van der Waals surface area contributed by atoms with Gasteiger partial charge >= 0.3 is 0 Å². The summed E-state index contributed by atoms with van der Waals surface area (Å²) < 4.78 is 1.65. The molecule has 31 heavy (non-hydrogen) atoms. The average molecular weight is 412 g/mol. The van der Waals surface area contributed by atoms with Gasteiger partial charge in [0.15, 0.2) is 0 Å². The summed E-state index contributed by atoms with van der Waals surface area (Å²) in [6.07, 6.45) is 1.53. The van der Waals surface area contributed by atoms with E-state index in [9.17, 15) is 14.9 Å². The van der Waals surface area contributed by atoms with Gasteiger partial charge in [-0.05, 0) is 69.2 Å². The van der Waals surface area contributed by atoms with Crippen LogP contribution in [0.1, 0.15) is 38.4 Å². The molecule has 0 radical (unpaired) electrons. The largest absolute Gasteiger partial charge is 0.321 e. The number of rotatable bonds is 5. The van der Waals surface area contributed by atoms with Crippen LogP contribution in [-0.4, -0.2) is 16.5 Å². The number of hydrogen-bond donors (Lipinski definition) is 2. The smallest absolute Gasteiger partial charge is 0.270 e. The van der Waals surface area contributed by atoms with Crippen LogP contribution >= 0.6 is 0 Å². The molecule has 0 aliphatic heterocycles. The van der Waals surface area contributed by atoms with E-state index in [2.05, 4.69) is 10.7 Å². The molecule has 2 N–H and O–H groups in total. The molecule has 2 aromatic carbocycles. The lowest BCUT2D eigenvalue weighted by molar-refractivity contribution is -0.112. The fraction of sp³-hybridized carbons (Fsp3) is 0.160. The molecular formula is C25H24N4O2. The first-order valence-electron chi connectivity index (χ1n) is 9.86. The van der Waals surface area contributed by atoms with Crippen molar-refractivity contribution >= 4 is 23.6 Å². The molecule has 1 heterocycles. The van der Waals surface area contributed by atoms with E-state index < -0.39 is 5.91 Å². The van der Waals surface area contributed by atoms with E-state index in [1.54, 1.807) is 28.9 Å². The Kier molecular flexibility index (Phi) is 6.37. The zero-order valence-electron chi connectivity index (χ0n) is 18.0. The third kappa shape index (κ3) is 4.90. The zero-order chi connectivity index (χ0) is 22.5. The lowest BCUT2D eigenvalue weighted by Gasteiger charge is -2.11. The first-order chi connectivity index (χ1) is 14.8. The lowest BCUT2D eigenvalue weighted by atomic mass is 10.1. The second kappa shape index (κ2) is 9.14. The molecule has 0 bridgehead atoms. The number of nitrogens with zero attached hydrogens (tertiary/aromatic N) is 2. The summed E-state index contributed by atoms with van der Waals surface area (Å²) in [5.74, 6) is -0.724. The molecule has 0 saturated heterocycles. The summed E-state index contributed by atoms with van der Waals surface area (Å²) >= 11 is 0. The van der Waals surface area contributed by atoms with Gasteiger partial charge in [-0.3, -0.25) is 19.7 Å². The summed E-state index contributed by atoms with van der Waals surface area (Å²) in [6, 6.07) is 18.4.